The van der Waals surface area contributed by atoms with Crippen molar-refractivity contribution < 1.29 is 18.9 Å². The van der Waals surface area contributed by atoms with Crippen LogP contribution in [0.15, 0.2) is 18.3 Å². The third-order valence-electron chi connectivity index (χ3n) is 4.36. The molecular weight excluding hydrogens is 306 g/mol. The molecule has 0 spiro atoms. The van der Waals surface area contributed by atoms with Gasteiger partial charge in [-0.3, -0.25) is 0 Å². The van der Waals surface area contributed by atoms with Gasteiger partial charge in [-0.25, -0.2) is 4.98 Å². The summed E-state index contributed by atoms with van der Waals surface area (Å²) >= 11 is 0. The number of ether oxygens (including phenoxy) is 4. The second-order valence-corrected chi connectivity index (χ2v) is 7.62. The molecule has 0 amide bonds. The number of hydrogen-bond acceptors (Lipinski definition) is 5. The second-order valence-electron chi connectivity index (χ2n) is 7.62. The van der Waals surface area contributed by atoms with E-state index in [-0.39, 0.29) is 11.5 Å². The van der Waals surface area contributed by atoms with Crippen LogP contribution < -0.4 is 9.47 Å². The highest BCUT2D eigenvalue weighted by atomic mass is 16.5. The predicted octanol–water partition coefficient (Wildman–Crippen LogP) is 3.72. The average Bonchev–Trinajstić information content (AvgIpc) is 2.49. The Balaban J connectivity index is 1.81. The molecule has 0 N–H and O–H groups in total. The van der Waals surface area contributed by atoms with E-state index in [1.165, 1.54) is 0 Å². The van der Waals surface area contributed by atoms with Gasteiger partial charge in [-0.2, -0.15) is 0 Å². The van der Waals surface area contributed by atoms with Crippen LogP contribution in [0.4, 0.5) is 0 Å². The standard InChI is InChI=1S/C19H31NO4/c1-14(12-21-4)11-19(2,3)13-23-18-10-15(6-7-20-18)24-17-8-16(9-17)22-5/h6-7,10,14,16-17H,8-9,11-13H2,1-5H3. The smallest absolute Gasteiger partial charge is 0.216 e. The molecule has 136 valence electrons. The van der Waals surface area contributed by atoms with E-state index in [0.29, 0.717) is 24.5 Å². The molecular formula is C19H31NO4. The third kappa shape index (κ3) is 5.95. The molecule has 0 radical (unpaired) electrons. The summed E-state index contributed by atoms with van der Waals surface area (Å²) in [5.74, 6) is 1.93. The molecule has 1 saturated carbocycles. The number of nitrogens with zero attached hydrogens (tertiary/aromatic N) is 1. The summed E-state index contributed by atoms with van der Waals surface area (Å²) in [5.41, 5.74) is 0.0656. The van der Waals surface area contributed by atoms with E-state index in [0.717, 1.165) is 31.6 Å². The fourth-order valence-corrected chi connectivity index (χ4v) is 3.16. The molecule has 0 aliphatic heterocycles. The quantitative estimate of drug-likeness (QED) is 0.651. The van der Waals surface area contributed by atoms with Crippen molar-refractivity contribution in [2.75, 3.05) is 27.4 Å². The number of aromatic nitrogens is 1. The second kappa shape index (κ2) is 8.67. The van der Waals surface area contributed by atoms with Crippen LogP contribution in [-0.2, 0) is 9.47 Å². The van der Waals surface area contributed by atoms with Crippen LogP contribution in [0.3, 0.4) is 0 Å². The van der Waals surface area contributed by atoms with Crippen molar-refractivity contribution in [3.8, 4) is 11.6 Å². The Bertz CT molecular complexity index is 500. The molecule has 1 aromatic heterocycles. The molecule has 1 aliphatic carbocycles. The van der Waals surface area contributed by atoms with Gasteiger partial charge in [0, 0.05) is 45.9 Å². The molecule has 5 nitrogen and oxygen atoms in total. The van der Waals surface area contributed by atoms with Crippen LogP contribution in [0, 0.1) is 11.3 Å². The van der Waals surface area contributed by atoms with Gasteiger partial charge in [0.2, 0.25) is 5.88 Å². The zero-order valence-electron chi connectivity index (χ0n) is 15.6. The summed E-state index contributed by atoms with van der Waals surface area (Å²) in [4.78, 5) is 4.29. The van der Waals surface area contributed by atoms with Gasteiger partial charge in [0.05, 0.1) is 12.7 Å². The lowest BCUT2D eigenvalue weighted by Crippen LogP contribution is -2.38. The van der Waals surface area contributed by atoms with Crippen molar-refractivity contribution in [2.24, 2.45) is 11.3 Å². The summed E-state index contributed by atoms with van der Waals surface area (Å²) < 4.78 is 22.3. The summed E-state index contributed by atoms with van der Waals surface area (Å²) in [6.07, 6.45) is 5.23. The molecule has 2 rings (SSSR count). The maximum atomic E-state index is 5.93. The Kier molecular flexibility index (Phi) is 6.87. The van der Waals surface area contributed by atoms with E-state index in [4.69, 9.17) is 18.9 Å². The van der Waals surface area contributed by atoms with Crippen molar-refractivity contribution in [2.45, 2.75) is 52.2 Å². The molecule has 1 aliphatic rings. The first-order chi connectivity index (χ1) is 11.4. The Morgan fingerprint density at radius 3 is 2.67 bits per heavy atom. The van der Waals surface area contributed by atoms with E-state index in [9.17, 15) is 0 Å². The highest BCUT2D eigenvalue weighted by molar-refractivity contribution is 5.26. The van der Waals surface area contributed by atoms with Gasteiger partial charge in [-0.1, -0.05) is 20.8 Å². The van der Waals surface area contributed by atoms with Gasteiger partial charge in [-0.15, -0.1) is 0 Å². The molecule has 1 heterocycles. The number of rotatable bonds is 10. The van der Waals surface area contributed by atoms with E-state index in [2.05, 4.69) is 25.8 Å². The zero-order chi connectivity index (χ0) is 17.6. The molecule has 0 aromatic carbocycles. The normalized spacial score (nSPS) is 21.9. The molecule has 1 unspecified atom stereocenters. The van der Waals surface area contributed by atoms with Crippen LogP contribution in [0.1, 0.15) is 40.0 Å². The number of hydrogen-bond donors (Lipinski definition) is 0. The third-order valence-corrected chi connectivity index (χ3v) is 4.36. The Morgan fingerprint density at radius 2 is 2.00 bits per heavy atom. The Hall–Kier alpha value is -1.33. The lowest BCUT2D eigenvalue weighted by Gasteiger charge is -2.34. The minimum atomic E-state index is 0.0656. The van der Waals surface area contributed by atoms with Crippen molar-refractivity contribution in [3.63, 3.8) is 0 Å². The number of methoxy groups -OCH3 is 2. The van der Waals surface area contributed by atoms with Gasteiger partial charge >= 0.3 is 0 Å². The van der Waals surface area contributed by atoms with Crippen molar-refractivity contribution >= 4 is 0 Å². The minimum absolute atomic E-state index is 0.0656. The van der Waals surface area contributed by atoms with Crippen LogP contribution >= 0.6 is 0 Å². The van der Waals surface area contributed by atoms with Crippen molar-refractivity contribution in [3.05, 3.63) is 18.3 Å². The van der Waals surface area contributed by atoms with E-state index in [1.807, 2.05) is 12.1 Å². The first-order valence-corrected chi connectivity index (χ1v) is 8.69. The van der Waals surface area contributed by atoms with Crippen LogP contribution in [-0.4, -0.2) is 44.6 Å². The van der Waals surface area contributed by atoms with Gasteiger partial charge < -0.3 is 18.9 Å². The van der Waals surface area contributed by atoms with E-state index < -0.39 is 0 Å². The average molecular weight is 337 g/mol. The molecule has 5 heteroatoms. The fraction of sp³-hybridized carbons (Fsp3) is 0.737. The fourth-order valence-electron chi connectivity index (χ4n) is 3.16. The van der Waals surface area contributed by atoms with Crippen LogP contribution in [0.25, 0.3) is 0 Å². The van der Waals surface area contributed by atoms with Gasteiger partial charge in [0.15, 0.2) is 0 Å². The molecule has 0 bridgehead atoms. The lowest BCUT2D eigenvalue weighted by atomic mass is 9.84. The summed E-state index contributed by atoms with van der Waals surface area (Å²) in [5, 5.41) is 0. The molecule has 24 heavy (non-hydrogen) atoms. The largest absolute Gasteiger partial charge is 0.490 e. The summed E-state index contributed by atoms with van der Waals surface area (Å²) in [6, 6.07) is 3.74. The SMILES string of the molecule is COCC(C)CC(C)(C)COc1cc(OC2CC(OC)C2)ccn1. The highest BCUT2D eigenvalue weighted by Gasteiger charge is 2.30. The van der Waals surface area contributed by atoms with Gasteiger partial charge in [-0.05, 0) is 23.8 Å². The maximum absolute atomic E-state index is 5.93. The number of pyridine rings is 1. The molecule has 1 fully saturated rings. The topological polar surface area (TPSA) is 49.8 Å². The van der Waals surface area contributed by atoms with Crippen LogP contribution in [0.2, 0.25) is 0 Å². The zero-order valence-corrected chi connectivity index (χ0v) is 15.6. The Labute approximate surface area is 145 Å². The van der Waals surface area contributed by atoms with E-state index >= 15 is 0 Å². The van der Waals surface area contributed by atoms with Gasteiger partial charge in [0.25, 0.3) is 0 Å². The lowest BCUT2D eigenvalue weighted by molar-refractivity contribution is -0.0382. The molecule has 0 saturated heterocycles. The summed E-state index contributed by atoms with van der Waals surface area (Å²) in [6.45, 7) is 8.00. The monoisotopic (exact) mass is 337 g/mol. The summed E-state index contributed by atoms with van der Waals surface area (Å²) in [7, 11) is 3.49. The first kappa shape index (κ1) is 19.0. The molecule has 1 atom stereocenters. The Morgan fingerprint density at radius 1 is 1.25 bits per heavy atom. The first-order valence-electron chi connectivity index (χ1n) is 8.69. The van der Waals surface area contributed by atoms with Gasteiger partial charge in [0.1, 0.15) is 11.9 Å². The maximum Gasteiger partial charge on any atom is 0.216 e. The van der Waals surface area contributed by atoms with E-state index in [1.54, 1.807) is 20.4 Å². The minimum Gasteiger partial charge on any atom is -0.490 e. The van der Waals surface area contributed by atoms with Crippen molar-refractivity contribution in [1.29, 1.82) is 0 Å². The van der Waals surface area contributed by atoms with Crippen LogP contribution in [0.5, 0.6) is 11.6 Å². The molecule has 1 aromatic rings. The highest BCUT2D eigenvalue weighted by Crippen LogP contribution is 2.30. The predicted molar refractivity (Wildman–Crippen MR) is 93.6 cm³/mol. The van der Waals surface area contributed by atoms with Crippen molar-refractivity contribution in [1.82, 2.24) is 4.98 Å².